The quantitative estimate of drug-likeness (QED) is 0.370. The highest BCUT2D eigenvalue weighted by atomic mass is 16.5. The van der Waals surface area contributed by atoms with E-state index in [9.17, 15) is 19.5 Å². The van der Waals surface area contributed by atoms with E-state index in [1.807, 2.05) is 75.4 Å². The van der Waals surface area contributed by atoms with Crippen molar-refractivity contribution in [3.8, 4) is 5.75 Å². The maximum absolute atomic E-state index is 14.4. The third-order valence-corrected chi connectivity index (χ3v) is 7.62. The molecule has 4 atom stereocenters. The summed E-state index contributed by atoms with van der Waals surface area (Å²) in [5, 5.41) is 10.8. The standard InChI is InChI=1S/C32H35NO5/c1-20(2)19-26(34)33-29(23-13-11-21(3)12-14-23)27(30(35)24-15-17-25(38-5)18-16-24)28(32(33,4)31(36)37)22-9-7-6-8-10-22/h6-18,20,27-29H,19H2,1-5H3,(H,36,37). The van der Waals surface area contributed by atoms with Crippen LogP contribution in [0.3, 0.4) is 0 Å². The molecule has 198 valence electrons. The molecule has 3 aromatic carbocycles. The van der Waals surface area contributed by atoms with Crippen LogP contribution in [0.5, 0.6) is 5.75 Å². The number of carbonyl (C=O) groups is 3. The minimum Gasteiger partial charge on any atom is -0.497 e. The number of methoxy groups -OCH3 is 1. The van der Waals surface area contributed by atoms with Gasteiger partial charge in [0, 0.05) is 17.9 Å². The van der Waals surface area contributed by atoms with Gasteiger partial charge in [-0.25, -0.2) is 4.79 Å². The Morgan fingerprint density at radius 3 is 2.05 bits per heavy atom. The summed E-state index contributed by atoms with van der Waals surface area (Å²) in [4.78, 5) is 43.0. The lowest BCUT2D eigenvalue weighted by atomic mass is 9.71. The van der Waals surface area contributed by atoms with Gasteiger partial charge < -0.3 is 14.7 Å². The number of likely N-dealkylation sites (tertiary alicyclic amines) is 1. The first kappa shape index (κ1) is 27.1. The Bertz CT molecular complexity index is 1300. The second-order valence-corrected chi connectivity index (χ2v) is 10.7. The van der Waals surface area contributed by atoms with Crippen molar-refractivity contribution in [1.82, 2.24) is 4.90 Å². The molecule has 0 spiro atoms. The Labute approximate surface area is 224 Å². The maximum atomic E-state index is 14.4. The molecular weight excluding hydrogens is 478 g/mol. The first-order valence-corrected chi connectivity index (χ1v) is 12.9. The Morgan fingerprint density at radius 1 is 0.921 bits per heavy atom. The van der Waals surface area contributed by atoms with E-state index in [0.29, 0.717) is 16.9 Å². The van der Waals surface area contributed by atoms with E-state index in [1.54, 1.807) is 38.3 Å². The Balaban J connectivity index is 2.01. The molecule has 38 heavy (non-hydrogen) atoms. The maximum Gasteiger partial charge on any atom is 0.330 e. The van der Waals surface area contributed by atoms with Crippen molar-refractivity contribution in [1.29, 1.82) is 0 Å². The zero-order chi connectivity index (χ0) is 27.6. The smallest absolute Gasteiger partial charge is 0.330 e. The molecular formula is C32H35NO5. The van der Waals surface area contributed by atoms with E-state index in [2.05, 4.69) is 0 Å². The highest BCUT2D eigenvalue weighted by molar-refractivity contribution is 6.02. The van der Waals surface area contributed by atoms with Crippen LogP contribution in [0.2, 0.25) is 0 Å². The molecule has 1 fully saturated rings. The largest absolute Gasteiger partial charge is 0.497 e. The molecule has 0 radical (unpaired) electrons. The molecule has 1 N–H and O–H groups in total. The van der Waals surface area contributed by atoms with Crippen molar-refractivity contribution >= 4 is 17.7 Å². The first-order valence-electron chi connectivity index (χ1n) is 12.9. The Morgan fingerprint density at radius 2 is 1.53 bits per heavy atom. The number of hydrogen-bond acceptors (Lipinski definition) is 4. The number of carbonyl (C=O) groups excluding carboxylic acids is 2. The van der Waals surface area contributed by atoms with E-state index < -0.39 is 29.4 Å². The topological polar surface area (TPSA) is 83.9 Å². The number of hydrogen-bond donors (Lipinski definition) is 1. The lowest BCUT2D eigenvalue weighted by Crippen LogP contribution is -2.54. The predicted octanol–water partition coefficient (Wildman–Crippen LogP) is 6.06. The van der Waals surface area contributed by atoms with Crippen molar-refractivity contribution < 1.29 is 24.2 Å². The van der Waals surface area contributed by atoms with Crippen LogP contribution in [0.4, 0.5) is 0 Å². The highest BCUT2D eigenvalue weighted by Crippen LogP contribution is 2.56. The third kappa shape index (κ3) is 4.83. The molecule has 0 aliphatic carbocycles. The van der Waals surface area contributed by atoms with Gasteiger partial charge in [-0.3, -0.25) is 9.59 Å². The van der Waals surface area contributed by atoms with E-state index >= 15 is 0 Å². The number of rotatable bonds is 8. The van der Waals surface area contributed by atoms with Gasteiger partial charge in [0.05, 0.1) is 19.1 Å². The average molecular weight is 514 g/mol. The second-order valence-electron chi connectivity index (χ2n) is 10.7. The van der Waals surface area contributed by atoms with Gasteiger partial charge in [0.25, 0.3) is 0 Å². The van der Waals surface area contributed by atoms with Crippen LogP contribution in [-0.4, -0.2) is 40.3 Å². The number of Topliss-reactive ketones (excluding diaryl/α,β-unsaturated/α-hetero) is 1. The average Bonchev–Trinajstić information content (AvgIpc) is 3.19. The molecule has 0 aromatic heterocycles. The molecule has 4 unspecified atom stereocenters. The minimum atomic E-state index is -1.66. The molecule has 1 saturated heterocycles. The molecule has 3 aromatic rings. The number of ketones is 1. The molecule has 1 aliphatic heterocycles. The van der Waals surface area contributed by atoms with Gasteiger partial charge in [-0.05, 0) is 55.2 Å². The predicted molar refractivity (Wildman–Crippen MR) is 146 cm³/mol. The van der Waals surface area contributed by atoms with Crippen molar-refractivity contribution in [2.45, 2.75) is 51.6 Å². The number of ether oxygens (including phenoxy) is 1. The monoisotopic (exact) mass is 513 g/mol. The summed E-state index contributed by atoms with van der Waals surface area (Å²) in [5.74, 6) is -2.59. The van der Waals surface area contributed by atoms with Gasteiger partial charge in [0.2, 0.25) is 5.91 Å². The molecule has 1 amide bonds. The number of aliphatic carboxylic acids is 1. The second kappa shape index (κ2) is 10.8. The van der Waals surface area contributed by atoms with Crippen molar-refractivity contribution in [2.24, 2.45) is 11.8 Å². The highest BCUT2D eigenvalue weighted by Gasteiger charge is 2.64. The van der Waals surface area contributed by atoms with Crippen molar-refractivity contribution in [3.63, 3.8) is 0 Å². The van der Waals surface area contributed by atoms with E-state index in [4.69, 9.17) is 4.74 Å². The zero-order valence-corrected chi connectivity index (χ0v) is 22.5. The minimum absolute atomic E-state index is 0.0192. The SMILES string of the molecule is COc1ccc(C(=O)C2C(c3ccc(C)cc3)N(C(=O)CC(C)C)C(C)(C(=O)O)C2c2ccccc2)cc1. The third-order valence-electron chi connectivity index (χ3n) is 7.62. The fourth-order valence-corrected chi connectivity index (χ4v) is 5.78. The summed E-state index contributed by atoms with van der Waals surface area (Å²) in [6, 6.07) is 23.0. The lowest BCUT2D eigenvalue weighted by Gasteiger charge is -2.38. The van der Waals surface area contributed by atoms with Crippen molar-refractivity contribution in [2.75, 3.05) is 7.11 Å². The summed E-state index contributed by atoms with van der Waals surface area (Å²) in [6.45, 7) is 7.42. The number of aryl methyl sites for hydroxylation is 1. The van der Waals surface area contributed by atoms with Crippen LogP contribution in [-0.2, 0) is 9.59 Å². The Hall–Kier alpha value is -3.93. The molecule has 0 bridgehead atoms. The summed E-state index contributed by atoms with van der Waals surface area (Å²) >= 11 is 0. The summed E-state index contributed by atoms with van der Waals surface area (Å²) < 4.78 is 5.27. The Kier molecular flexibility index (Phi) is 7.72. The normalized spacial score (nSPS) is 22.9. The van der Waals surface area contributed by atoms with E-state index in [0.717, 1.165) is 11.1 Å². The lowest BCUT2D eigenvalue weighted by molar-refractivity contribution is -0.158. The van der Waals surface area contributed by atoms with Gasteiger partial charge in [0.1, 0.15) is 11.3 Å². The molecule has 6 nitrogen and oxygen atoms in total. The van der Waals surface area contributed by atoms with Crippen LogP contribution < -0.4 is 4.74 Å². The van der Waals surface area contributed by atoms with Crippen LogP contribution in [0.15, 0.2) is 78.9 Å². The molecule has 1 heterocycles. The number of carboxylic acids is 1. The number of benzene rings is 3. The fraction of sp³-hybridized carbons (Fsp3) is 0.344. The van der Waals surface area contributed by atoms with Gasteiger partial charge in [-0.15, -0.1) is 0 Å². The van der Waals surface area contributed by atoms with Crippen LogP contribution in [0.25, 0.3) is 0 Å². The van der Waals surface area contributed by atoms with Gasteiger partial charge in [0.15, 0.2) is 5.78 Å². The number of amides is 1. The molecule has 0 saturated carbocycles. The van der Waals surface area contributed by atoms with Gasteiger partial charge in [-0.1, -0.05) is 74.0 Å². The summed E-state index contributed by atoms with van der Waals surface area (Å²) in [6.07, 6.45) is 0.177. The fourth-order valence-electron chi connectivity index (χ4n) is 5.78. The van der Waals surface area contributed by atoms with Crippen LogP contribution >= 0.6 is 0 Å². The van der Waals surface area contributed by atoms with Crippen LogP contribution in [0.1, 0.15) is 66.2 Å². The van der Waals surface area contributed by atoms with Gasteiger partial charge >= 0.3 is 5.97 Å². The van der Waals surface area contributed by atoms with Gasteiger partial charge in [-0.2, -0.15) is 0 Å². The number of nitrogens with zero attached hydrogens (tertiary/aromatic N) is 1. The molecule has 6 heteroatoms. The summed E-state index contributed by atoms with van der Waals surface area (Å²) in [7, 11) is 1.56. The van der Waals surface area contributed by atoms with E-state index in [-0.39, 0.29) is 24.0 Å². The first-order chi connectivity index (χ1) is 18.1. The molecule has 4 rings (SSSR count). The van der Waals surface area contributed by atoms with Crippen LogP contribution in [0, 0.1) is 18.8 Å². The number of carboxylic acid groups (broad SMARTS) is 1. The summed E-state index contributed by atoms with van der Waals surface area (Å²) in [5.41, 5.74) is 1.27. The van der Waals surface area contributed by atoms with E-state index in [1.165, 1.54) is 4.90 Å². The van der Waals surface area contributed by atoms with Crippen molar-refractivity contribution in [3.05, 3.63) is 101 Å². The zero-order valence-electron chi connectivity index (χ0n) is 22.5. The molecule has 1 aliphatic rings.